The lowest BCUT2D eigenvalue weighted by Gasteiger charge is -2.33. The summed E-state index contributed by atoms with van der Waals surface area (Å²) in [6, 6.07) is 4.08. The summed E-state index contributed by atoms with van der Waals surface area (Å²) >= 11 is 0. The molecule has 0 spiro atoms. The summed E-state index contributed by atoms with van der Waals surface area (Å²) in [6.45, 7) is 17.0. The largest absolute Gasteiger partial charge is 0.510 e. The molecule has 10 heteroatoms. The highest BCUT2D eigenvalue weighted by Gasteiger charge is 2.45. The summed E-state index contributed by atoms with van der Waals surface area (Å²) in [5.74, 6) is -2.21. The van der Waals surface area contributed by atoms with Gasteiger partial charge < -0.3 is 24.1 Å². The van der Waals surface area contributed by atoms with Gasteiger partial charge in [-0.3, -0.25) is 14.9 Å². The third-order valence-corrected chi connectivity index (χ3v) is 6.65. The Balaban J connectivity index is 3.45. The summed E-state index contributed by atoms with van der Waals surface area (Å²) in [4.78, 5) is 50.5. The quantitative estimate of drug-likeness (QED) is 0.131. The van der Waals surface area contributed by atoms with Crippen molar-refractivity contribution in [3.8, 4) is 11.5 Å². The maximum Gasteiger partial charge on any atom is 0.510 e. The van der Waals surface area contributed by atoms with Crippen LogP contribution in [0.2, 0.25) is 0 Å². The number of benzene rings is 1. The lowest BCUT2D eigenvalue weighted by Crippen LogP contribution is -2.59. The van der Waals surface area contributed by atoms with Crippen LogP contribution in [-0.2, 0) is 30.3 Å². The highest BCUT2D eigenvalue weighted by Crippen LogP contribution is 2.32. The van der Waals surface area contributed by atoms with Crippen LogP contribution in [0.5, 0.6) is 11.5 Å². The van der Waals surface area contributed by atoms with Crippen molar-refractivity contribution in [1.29, 1.82) is 0 Å². The van der Waals surface area contributed by atoms with Crippen LogP contribution in [0.3, 0.4) is 0 Å². The molecule has 0 aliphatic heterocycles. The van der Waals surface area contributed by atoms with E-state index in [9.17, 15) is 24.3 Å². The molecule has 0 heterocycles. The van der Waals surface area contributed by atoms with Gasteiger partial charge in [-0.25, -0.2) is 9.59 Å². The number of rotatable bonds is 16. The van der Waals surface area contributed by atoms with Gasteiger partial charge in [0.25, 0.3) is 5.72 Å². The maximum absolute atomic E-state index is 12.7. The highest BCUT2D eigenvalue weighted by atomic mass is 16.7. The van der Waals surface area contributed by atoms with Crippen molar-refractivity contribution in [2.24, 2.45) is 17.3 Å². The molecule has 0 aliphatic rings. The van der Waals surface area contributed by atoms with E-state index in [0.29, 0.717) is 12.0 Å². The number of nitrogens with one attached hydrogen (secondary N) is 1. The van der Waals surface area contributed by atoms with E-state index in [4.69, 9.17) is 18.9 Å². The number of ether oxygens (including phenoxy) is 4. The summed E-state index contributed by atoms with van der Waals surface area (Å²) in [5.41, 5.74) is -2.18. The van der Waals surface area contributed by atoms with Gasteiger partial charge >= 0.3 is 24.1 Å². The Morgan fingerprint density at radius 2 is 1.39 bits per heavy atom. The van der Waals surface area contributed by atoms with Crippen molar-refractivity contribution in [3.05, 3.63) is 23.8 Å². The van der Waals surface area contributed by atoms with Crippen LogP contribution in [0.15, 0.2) is 18.2 Å². The molecular weight excluding hydrogens is 530 g/mol. The normalized spacial score (nSPS) is 15.1. The molecule has 0 aromatic heterocycles. The van der Waals surface area contributed by atoms with E-state index in [1.807, 2.05) is 55.4 Å². The molecule has 0 radical (unpaired) electrons. The number of hydrogen-bond donors (Lipinski definition) is 2. The number of carboxylic acid groups (broad SMARTS) is 1. The van der Waals surface area contributed by atoms with Gasteiger partial charge in [0.2, 0.25) is 0 Å². The van der Waals surface area contributed by atoms with E-state index in [1.165, 1.54) is 18.2 Å². The minimum atomic E-state index is -2.18. The van der Waals surface area contributed by atoms with Crippen molar-refractivity contribution < 1.29 is 43.2 Å². The van der Waals surface area contributed by atoms with Crippen molar-refractivity contribution in [3.63, 3.8) is 0 Å². The lowest BCUT2D eigenvalue weighted by molar-refractivity contribution is -0.167. The van der Waals surface area contributed by atoms with Crippen LogP contribution in [0.4, 0.5) is 4.79 Å². The van der Waals surface area contributed by atoms with Gasteiger partial charge in [-0.15, -0.1) is 0 Å². The van der Waals surface area contributed by atoms with E-state index in [1.54, 1.807) is 6.92 Å². The summed E-state index contributed by atoms with van der Waals surface area (Å²) in [5, 5.41) is 13.2. The minimum absolute atomic E-state index is 0.0218. The molecule has 1 aromatic carbocycles. The second-order valence-corrected chi connectivity index (χ2v) is 12.1. The number of esters is 2. The van der Waals surface area contributed by atoms with Crippen LogP contribution in [0, 0.1) is 17.3 Å². The van der Waals surface area contributed by atoms with Crippen LogP contribution in [0.1, 0.15) is 100.0 Å². The molecule has 10 nitrogen and oxygen atoms in total. The molecule has 0 saturated carbocycles. The fourth-order valence-electron chi connectivity index (χ4n) is 3.55. The predicted molar refractivity (Wildman–Crippen MR) is 155 cm³/mol. The molecule has 2 N–H and O–H groups in total. The molecular formula is C31H49NO9. The van der Waals surface area contributed by atoms with Gasteiger partial charge in [0, 0.05) is 25.3 Å². The molecule has 232 valence electrons. The second-order valence-electron chi connectivity index (χ2n) is 12.1. The van der Waals surface area contributed by atoms with E-state index in [-0.39, 0.29) is 60.7 Å². The molecule has 0 bridgehead atoms. The molecule has 0 saturated heterocycles. The molecule has 1 rings (SSSR count). The number of aliphatic carboxylic acids is 1. The Labute approximate surface area is 244 Å². The second kappa shape index (κ2) is 16.3. The molecule has 1 aromatic rings. The van der Waals surface area contributed by atoms with E-state index < -0.39 is 29.8 Å². The number of hydrogen-bond acceptors (Lipinski definition) is 9. The highest BCUT2D eigenvalue weighted by molar-refractivity contribution is 5.81. The molecule has 0 fully saturated rings. The molecule has 0 amide bonds. The third kappa shape index (κ3) is 12.9. The Bertz CT molecular complexity index is 1030. The summed E-state index contributed by atoms with van der Waals surface area (Å²) in [7, 11) is 0. The molecule has 4 atom stereocenters. The van der Waals surface area contributed by atoms with Crippen LogP contribution in [0.25, 0.3) is 0 Å². The van der Waals surface area contributed by atoms with Gasteiger partial charge in [0.05, 0.1) is 6.61 Å². The molecule has 41 heavy (non-hydrogen) atoms. The zero-order valence-corrected chi connectivity index (χ0v) is 26.1. The van der Waals surface area contributed by atoms with Crippen molar-refractivity contribution in [2.75, 3.05) is 6.61 Å². The summed E-state index contributed by atoms with van der Waals surface area (Å²) in [6.07, 6.45) is 1.00. The topological polar surface area (TPSA) is 137 Å². The number of carbonyl (C=O) groups is 4. The van der Waals surface area contributed by atoms with Gasteiger partial charge in [0.1, 0.15) is 0 Å². The standard InChI is InChI=1S/C31H49NO9/c1-10-20(4)15-26(33)39-24-14-13-23(17-25(24)40-27(34)16-21(5)11-2)18-31(28(35)36,32-22(6)12-3)41-29(37)38-19-30(7,8)9/h13-14,17,20-22,32H,10-12,15-16,18-19H2,1-9H3,(H,35,36)/t20?,21?,22?,31-/m0/s1. The fourth-order valence-corrected chi connectivity index (χ4v) is 3.55. The first-order valence-electron chi connectivity index (χ1n) is 14.4. The average molecular weight is 580 g/mol. The number of carbonyl (C=O) groups excluding carboxylic acids is 3. The predicted octanol–water partition coefficient (Wildman–Crippen LogP) is 6.28. The average Bonchev–Trinajstić information content (AvgIpc) is 2.87. The zero-order valence-electron chi connectivity index (χ0n) is 26.1. The molecule has 0 aliphatic carbocycles. The van der Waals surface area contributed by atoms with Crippen molar-refractivity contribution in [2.45, 2.75) is 113 Å². The Hall–Kier alpha value is -3.14. The van der Waals surface area contributed by atoms with Crippen LogP contribution >= 0.6 is 0 Å². The third-order valence-electron chi connectivity index (χ3n) is 6.65. The van der Waals surface area contributed by atoms with E-state index in [0.717, 1.165) is 12.8 Å². The van der Waals surface area contributed by atoms with Crippen molar-refractivity contribution in [1.82, 2.24) is 5.32 Å². The Kier molecular flexibility index (Phi) is 14.3. The first-order valence-corrected chi connectivity index (χ1v) is 14.4. The lowest BCUT2D eigenvalue weighted by atomic mass is 9.99. The van der Waals surface area contributed by atoms with Crippen LogP contribution in [-0.4, -0.2) is 47.5 Å². The van der Waals surface area contributed by atoms with Gasteiger partial charge in [-0.2, -0.15) is 0 Å². The van der Waals surface area contributed by atoms with Crippen molar-refractivity contribution >= 4 is 24.1 Å². The Morgan fingerprint density at radius 3 is 1.85 bits per heavy atom. The van der Waals surface area contributed by atoms with Crippen LogP contribution < -0.4 is 14.8 Å². The monoisotopic (exact) mass is 579 g/mol. The molecule has 3 unspecified atom stereocenters. The SMILES string of the molecule is CCC(C)CC(=O)Oc1ccc(C[C@](NC(C)CC)(OC(=O)OCC(C)(C)C)C(=O)O)cc1OC(=O)CC(C)CC. The fraction of sp³-hybridized carbons (Fsp3) is 0.677. The summed E-state index contributed by atoms with van der Waals surface area (Å²) < 4.78 is 21.8. The van der Waals surface area contributed by atoms with E-state index in [2.05, 4.69) is 5.32 Å². The first-order chi connectivity index (χ1) is 19.0. The maximum atomic E-state index is 12.7. The van der Waals surface area contributed by atoms with E-state index >= 15 is 0 Å². The van der Waals surface area contributed by atoms with Gasteiger partial charge in [0.15, 0.2) is 11.5 Å². The zero-order chi connectivity index (χ0) is 31.4. The first kappa shape index (κ1) is 35.9. The van der Waals surface area contributed by atoms with Gasteiger partial charge in [-0.1, -0.05) is 74.3 Å². The smallest absolute Gasteiger partial charge is 0.477 e. The minimum Gasteiger partial charge on any atom is -0.477 e. The number of carboxylic acids is 1. The van der Waals surface area contributed by atoms with Gasteiger partial charge in [-0.05, 0) is 48.3 Å². The Morgan fingerprint density at radius 1 is 0.854 bits per heavy atom.